The van der Waals surface area contributed by atoms with E-state index in [0.29, 0.717) is 0 Å². The zero-order chi connectivity index (χ0) is 0. The maximum atomic E-state index is 0. The Morgan fingerprint density at radius 1 is 0.333 bits per heavy atom. The molecule has 0 N–H and O–H groups in total. The summed E-state index contributed by atoms with van der Waals surface area (Å²) < 4.78 is 0. The molecular formula is Cd2Cl4. The van der Waals surface area contributed by atoms with Gasteiger partial charge in [-0.25, -0.2) is 0 Å². The number of hydrogen-bond acceptors (Lipinski definition) is 0. The van der Waals surface area contributed by atoms with Crippen LogP contribution in [-0.4, -0.2) is 0 Å². The van der Waals surface area contributed by atoms with Gasteiger partial charge in [-0.05, 0) is 0 Å². The van der Waals surface area contributed by atoms with Crippen molar-refractivity contribution < 1.29 is 104 Å². The van der Waals surface area contributed by atoms with E-state index in [9.17, 15) is 0 Å². The van der Waals surface area contributed by atoms with Crippen LogP contribution in [0.5, 0.6) is 0 Å². The van der Waals surface area contributed by atoms with Crippen LogP contribution in [-0.2, 0) is 54.6 Å². The molecule has 0 aromatic rings. The molecule has 0 atom stereocenters. The van der Waals surface area contributed by atoms with Gasteiger partial charge in [0.1, 0.15) is 0 Å². The molecule has 32 valence electrons. The first-order chi connectivity index (χ1) is 0. The quantitative estimate of drug-likeness (QED) is 0.374. The largest absolute Gasteiger partial charge is 2.00 e. The summed E-state index contributed by atoms with van der Waals surface area (Å²) >= 11 is 0. The van der Waals surface area contributed by atoms with Crippen molar-refractivity contribution in [1.29, 1.82) is 0 Å². The number of hydrogen-bond donors (Lipinski definition) is 0. The smallest absolute Gasteiger partial charge is 1.00 e. The number of halogens is 4. The SMILES string of the molecule is [Cd+2].[Cd+2].[Cl-].[Cl-].[Cl-].[Cl-]. The molecule has 0 aliphatic carbocycles. The third-order valence-electron chi connectivity index (χ3n) is 0. The van der Waals surface area contributed by atoms with E-state index < -0.39 is 0 Å². The van der Waals surface area contributed by atoms with Gasteiger partial charge in [0.25, 0.3) is 0 Å². The zero-order valence-corrected chi connectivity index (χ0v) is 14.0. The van der Waals surface area contributed by atoms with Crippen molar-refractivity contribution >= 4 is 0 Å². The van der Waals surface area contributed by atoms with E-state index in [-0.39, 0.29) is 104 Å². The third kappa shape index (κ3) is 28.0. The van der Waals surface area contributed by atoms with Crippen LogP contribution in [0, 0.1) is 0 Å². The molecule has 0 spiro atoms. The second kappa shape index (κ2) is 43.5. The molecule has 0 unspecified atom stereocenters. The molecule has 0 aromatic carbocycles. The summed E-state index contributed by atoms with van der Waals surface area (Å²) in [5.74, 6) is 0. The van der Waals surface area contributed by atoms with Gasteiger partial charge in [-0.3, -0.25) is 0 Å². The molecule has 0 rings (SSSR count). The van der Waals surface area contributed by atoms with Gasteiger partial charge in [-0.1, -0.05) is 0 Å². The van der Waals surface area contributed by atoms with Crippen molar-refractivity contribution in [2.24, 2.45) is 0 Å². The van der Waals surface area contributed by atoms with Crippen LogP contribution < -0.4 is 49.6 Å². The van der Waals surface area contributed by atoms with E-state index >= 15 is 0 Å². The van der Waals surface area contributed by atoms with Crippen molar-refractivity contribution in [2.45, 2.75) is 0 Å². The summed E-state index contributed by atoms with van der Waals surface area (Å²) in [6, 6.07) is 0. The van der Waals surface area contributed by atoms with E-state index in [1.165, 1.54) is 0 Å². The maximum Gasteiger partial charge on any atom is 2.00 e. The minimum Gasteiger partial charge on any atom is -1.00 e. The van der Waals surface area contributed by atoms with Gasteiger partial charge in [0, 0.05) is 0 Å². The predicted molar refractivity (Wildman–Crippen MR) is 0 cm³/mol. The molecule has 0 nitrogen and oxygen atoms in total. The Morgan fingerprint density at radius 3 is 0.333 bits per heavy atom. The minimum absolute atomic E-state index is 0. The summed E-state index contributed by atoms with van der Waals surface area (Å²) in [4.78, 5) is 0. The van der Waals surface area contributed by atoms with Gasteiger partial charge in [0.15, 0.2) is 0 Å². The molecule has 0 saturated carbocycles. The monoisotopic (exact) mass is 368 g/mol. The van der Waals surface area contributed by atoms with Gasteiger partial charge < -0.3 is 49.6 Å². The molecule has 0 aromatic heterocycles. The first kappa shape index (κ1) is 63.9. The van der Waals surface area contributed by atoms with E-state index in [4.69, 9.17) is 0 Å². The number of rotatable bonds is 0. The average Bonchev–Trinajstić information content (AvgIpc) is 0. The van der Waals surface area contributed by atoms with Crippen LogP contribution >= 0.6 is 0 Å². The fraction of sp³-hybridized carbons (Fsp3) is 0. The van der Waals surface area contributed by atoms with E-state index in [2.05, 4.69) is 0 Å². The average molecular weight is 367 g/mol. The maximum absolute atomic E-state index is 0. The molecule has 6 heteroatoms. The van der Waals surface area contributed by atoms with Gasteiger partial charge in [-0.2, -0.15) is 0 Å². The Morgan fingerprint density at radius 2 is 0.333 bits per heavy atom. The van der Waals surface area contributed by atoms with E-state index in [1.807, 2.05) is 0 Å². The second-order valence-corrected chi connectivity index (χ2v) is 0. The Bertz CT molecular complexity index is 5.51. The molecule has 0 radical (unpaired) electrons. The molecule has 0 saturated heterocycles. The van der Waals surface area contributed by atoms with Gasteiger partial charge in [0.05, 0.1) is 0 Å². The Labute approximate surface area is 103 Å². The molecule has 0 heterocycles. The van der Waals surface area contributed by atoms with Crippen LogP contribution in [0.15, 0.2) is 0 Å². The van der Waals surface area contributed by atoms with Crippen LogP contribution in [0.1, 0.15) is 0 Å². The summed E-state index contributed by atoms with van der Waals surface area (Å²) in [6.45, 7) is 0. The molecular weight excluding hydrogens is 367 g/mol. The topological polar surface area (TPSA) is 0 Å². The second-order valence-electron chi connectivity index (χ2n) is 0. The third-order valence-corrected chi connectivity index (χ3v) is 0. The Hall–Kier alpha value is 3.00. The van der Waals surface area contributed by atoms with Crippen LogP contribution in [0.2, 0.25) is 0 Å². The fourth-order valence-electron chi connectivity index (χ4n) is 0. The summed E-state index contributed by atoms with van der Waals surface area (Å²) in [7, 11) is 0. The molecule has 0 amide bonds. The normalized spacial score (nSPS) is 0. The zero-order valence-electron chi connectivity index (χ0n) is 2.93. The predicted octanol–water partition coefficient (Wildman–Crippen LogP) is -12.0. The molecule has 0 bridgehead atoms. The van der Waals surface area contributed by atoms with E-state index in [1.54, 1.807) is 0 Å². The molecule has 6 heavy (non-hydrogen) atoms. The Balaban J connectivity index is 0. The standard InChI is InChI=1S/2Cd.4ClH/h;;4*1H/q2*+2;;;;/p-4. The van der Waals surface area contributed by atoms with Gasteiger partial charge in [-0.15, -0.1) is 0 Å². The summed E-state index contributed by atoms with van der Waals surface area (Å²) in [6.07, 6.45) is 0. The molecule has 0 aliphatic rings. The van der Waals surface area contributed by atoms with Crippen LogP contribution in [0.3, 0.4) is 0 Å². The minimum atomic E-state index is 0. The summed E-state index contributed by atoms with van der Waals surface area (Å²) in [5.41, 5.74) is 0. The van der Waals surface area contributed by atoms with Crippen LogP contribution in [0.25, 0.3) is 0 Å². The molecule has 0 aliphatic heterocycles. The first-order valence-electron chi connectivity index (χ1n) is 0. The van der Waals surface area contributed by atoms with E-state index in [0.717, 1.165) is 0 Å². The van der Waals surface area contributed by atoms with Crippen molar-refractivity contribution in [3.05, 3.63) is 0 Å². The first-order valence-corrected chi connectivity index (χ1v) is 0. The van der Waals surface area contributed by atoms with Crippen LogP contribution in [0.4, 0.5) is 0 Å². The van der Waals surface area contributed by atoms with Crippen molar-refractivity contribution in [3.63, 3.8) is 0 Å². The fourth-order valence-corrected chi connectivity index (χ4v) is 0. The van der Waals surface area contributed by atoms with Crippen molar-refractivity contribution in [2.75, 3.05) is 0 Å². The van der Waals surface area contributed by atoms with Gasteiger partial charge in [0.2, 0.25) is 0 Å². The Kier molecular flexibility index (Phi) is 464. The molecule has 0 fully saturated rings. The summed E-state index contributed by atoms with van der Waals surface area (Å²) in [5, 5.41) is 0. The van der Waals surface area contributed by atoms with Crippen molar-refractivity contribution in [1.82, 2.24) is 0 Å². The van der Waals surface area contributed by atoms with Gasteiger partial charge >= 0.3 is 54.6 Å². The van der Waals surface area contributed by atoms with Crippen molar-refractivity contribution in [3.8, 4) is 0 Å².